The van der Waals surface area contributed by atoms with Crippen molar-refractivity contribution in [3.05, 3.63) is 17.5 Å². The molecule has 0 saturated carbocycles. The third kappa shape index (κ3) is 2.85. The highest BCUT2D eigenvalue weighted by Gasteiger charge is 2.22. The molecule has 2 unspecified atom stereocenters. The number of aromatic nitrogens is 2. The quantitative estimate of drug-likeness (QED) is 0.728. The van der Waals surface area contributed by atoms with Gasteiger partial charge in [0.05, 0.1) is 11.8 Å². The molecule has 3 N–H and O–H groups in total. The maximum absolute atomic E-state index is 12.0. The SMILES string of the molecule is Cc1[nH]ncc1C(=O)NC(C)C1CCCNC1. The molecule has 1 aromatic rings. The first-order valence-corrected chi connectivity index (χ1v) is 6.20. The van der Waals surface area contributed by atoms with Crippen LogP contribution in [0.5, 0.6) is 0 Å². The summed E-state index contributed by atoms with van der Waals surface area (Å²) in [5.74, 6) is 0.495. The van der Waals surface area contributed by atoms with Crippen LogP contribution in [0.4, 0.5) is 0 Å². The summed E-state index contributed by atoms with van der Waals surface area (Å²) in [6.45, 7) is 6.02. The Morgan fingerprint density at radius 1 is 1.65 bits per heavy atom. The number of piperidine rings is 1. The van der Waals surface area contributed by atoms with Crippen molar-refractivity contribution in [1.82, 2.24) is 20.8 Å². The number of amides is 1. The van der Waals surface area contributed by atoms with Crippen molar-refractivity contribution in [3.8, 4) is 0 Å². The molecule has 1 aliphatic rings. The van der Waals surface area contributed by atoms with Gasteiger partial charge in [0.2, 0.25) is 0 Å². The minimum Gasteiger partial charge on any atom is -0.349 e. The Morgan fingerprint density at radius 2 is 2.47 bits per heavy atom. The van der Waals surface area contributed by atoms with Gasteiger partial charge in [-0.3, -0.25) is 9.89 Å². The second-order valence-corrected chi connectivity index (χ2v) is 4.78. The van der Waals surface area contributed by atoms with E-state index in [-0.39, 0.29) is 11.9 Å². The number of H-pyrrole nitrogens is 1. The highest BCUT2D eigenvalue weighted by molar-refractivity contribution is 5.95. The van der Waals surface area contributed by atoms with E-state index in [2.05, 4.69) is 27.8 Å². The molecule has 0 bridgehead atoms. The van der Waals surface area contributed by atoms with Crippen molar-refractivity contribution in [2.45, 2.75) is 32.7 Å². The third-order valence-corrected chi connectivity index (χ3v) is 3.48. The van der Waals surface area contributed by atoms with Crippen molar-refractivity contribution in [2.24, 2.45) is 5.92 Å². The molecule has 0 aliphatic carbocycles. The van der Waals surface area contributed by atoms with Gasteiger partial charge in [-0.25, -0.2) is 0 Å². The van der Waals surface area contributed by atoms with Crippen molar-refractivity contribution in [2.75, 3.05) is 13.1 Å². The Bertz CT molecular complexity index is 382. The van der Waals surface area contributed by atoms with Crippen LogP contribution in [0.3, 0.4) is 0 Å². The highest BCUT2D eigenvalue weighted by atomic mass is 16.1. The predicted octanol–water partition coefficient (Wildman–Crippen LogP) is 0.836. The normalized spacial score (nSPS) is 22.1. The molecule has 2 heterocycles. The average molecular weight is 236 g/mol. The van der Waals surface area contributed by atoms with Crippen molar-refractivity contribution in [1.29, 1.82) is 0 Å². The molecule has 5 heteroatoms. The van der Waals surface area contributed by atoms with Crippen molar-refractivity contribution < 1.29 is 4.79 Å². The summed E-state index contributed by atoms with van der Waals surface area (Å²) in [6.07, 6.45) is 3.95. The van der Waals surface area contributed by atoms with Crippen LogP contribution in [0.15, 0.2) is 6.20 Å². The van der Waals surface area contributed by atoms with Gasteiger partial charge in [0.25, 0.3) is 5.91 Å². The van der Waals surface area contributed by atoms with Crippen LogP contribution in [0.1, 0.15) is 35.8 Å². The molecular weight excluding hydrogens is 216 g/mol. The molecule has 1 aliphatic heterocycles. The second-order valence-electron chi connectivity index (χ2n) is 4.78. The lowest BCUT2D eigenvalue weighted by molar-refractivity contribution is 0.0921. The summed E-state index contributed by atoms with van der Waals surface area (Å²) in [6, 6.07) is 0.199. The van der Waals surface area contributed by atoms with Gasteiger partial charge in [0, 0.05) is 11.7 Å². The summed E-state index contributed by atoms with van der Waals surface area (Å²) in [5, 5.41) is 13.1. The number of aryl methyl sites for hydroxylation is 1. The molecule has 94 valence electrons. The van der Waals surface area contributed by atoms with Crippen LogP contribution >= 0.6 is 0 Å². The number of carbonyl (C=O) groups is 1. The van der Waals surface area contributed by atoms with Crippen molar-refractivity contribution in [3.63, 3.8) is 0 Å². The Balaban J connectivity index is 1.92. The number of hydrogen-bond acceptors (Lipinski definition) is 3. The van der Waals surface area contributed by atoms with E-state index in [1.807, 2.05) is 6.92 Å². The van der Waals surface area contributed by atoms with E-state index in [9.17, 15) is 4.79 Å². The molecule has 1 fully saturated rings. The minimum absolute atomic E-state index is 0.0330. The Hall–Kier alpha value is -1.36. The fraction of sp³-hybridized carbons (Fsp3) is 0.667. The first-order chi connectivity index (χ1) is 8.18. The monoisotopic (exact) mass is 236 g/mol. The van der Waals surface area contributed by atoms with E-state index in [0.717, 1.165) is 18.8 Å². The van der Waals surface area contributed by atoms with Crippen molar-refractivity contribution >= 4 is 5.91 Å². The smallest absolute Gasteiger partial charge is 0.254 e. The van der Waals surface area contributed by atoms with Crippen LogP contribution in [-0.2, 0) is 0 Å². The number of hydrogen-bond donors (Lipinski definition) is 3. The molecule has 1 aromatic heterocycles. The molecule has 1 amide bonds. The van der Waals surface area contributed by atoms with E-state index in [0.29, 0.717) is 11.5 Å². The molecule has 1 saturated heterocycles. The number of nitrogens with zero attached hydrogens (tertiary/aromatic N) is 1. The molecule has 5 nitrogen and oxygen atoms in total. The van der Waals surface area contributed by atoms with Crippen LogP contribution in [0.25, 0.3) is 0 Å². The standard InChI is InChI=1S/C12H20N4O/c1-8(10-4-3-5-13-6-10)15-12(17)11-7-14-16-9(11)2/h7-8,10,13H,3-6H2,1-2H3,(H,14,16)(H,15,17). The van der Waals surface area contributed by atoms with E-state index >= 15 is 0 Å². The van der Waals surface area contributed by atoms with E-state index in [1.165, 1.54) is 12.8 Å². The molecule has 0 aromatic carbocycles. The average Bonchev–Trinajstić information content (AvgIpc) is 2.76. The zero-order chi connectivity index (χ0) is 12.3. The Morgan fingerprint density at radius 3 is 3.06 bits per heavy atom. The fourth-order valence-corrected chi connectivity index (χ4v) is 2.29. The summed E-state index contributed by atoms with van der Waals surface area (Å²) >= 11 is 0. The highest BCUT2D eigenvalue weighted by Crippen LogP contribution is 2.14. The summed E-state index contributed by atoms with van der Waals surface area (Å²) in [5.41, 5.74) is 1.46. The predicted molar refractivity (Wildman–Crippen MR) is 65.8 cm³/mol. The molecule has 0 spiro atoms. The first-order valence-electron chi connectivity index (χ1n) is 6.20. The molecular formula is C12H20N4O. The first kappa shape index (κ1) is 12.1. The molecule has 2 atom stereocenters. The fourth-order valence-electron chi connectivity index (χ4n) is 2.29. The second kappa shape index (κ2) is 5.31. The summed E-state index contributed by atoms with van der Waals surface area (Å²) in [4.78, 5) is 12.0. The van der Waals surface area contributed by atoms with Gasteiger partial charge >= 0.3 is 0 Å². The zero-order valence-electron chi connectivity index (χ0n) is 10.4. The van der Waals surface area contributed by atoms with E-state index in [4.69, 9.17) is 0 Å². The van der Waals surface area contributed by atoms with Crippen LogP contribution < -0.4 is 10.6 Å². The van der Waals surface area contributed by atoms with Gasteiger partial charge in [-0.15, -0.1) is 0 Å². The van der Waals surface area contributed by atoms with Gasteiger partial charge in [-0.1, -0.05) is 0 Å². The largest absolute Gasteiger partial charge is 0.349 e. The number of carbonyl (C=O) groups excluding carboxylic acids is 1. The summed E-state index contributed by atoms with van der Waals surface area (Å²) < 4.78 is 0. The van der Waals surface area contributed by atoms with Gasteiger partial charge < -0.3 is 10.6 Å². The zero-order valence-corrected chi connectivity index (χ0v) is 10.4. The lowest BCUT2D eigenvalue weighted by atomic mass is 9.92. The van der Waals surface area contributed by atoms with Gasteiger partial charge in [-0.05, 0) is 45.7 Å². The Kier molecular flexibility index (Phi) is 3.78. The van der Waals surface area contributed by atoms with Gasteiger partial charge in [0.1, 0.15) is 0 Å². The number of aromatic amines is 1. The molecule has 0 radical (unpaired) electrons. The topological polar surface area (TPSA) is 69.8 Å². The number of rotatable bonds is 3. The minimum atomic E-state index is -0.0330. The number of nitrogens with one attached hydrogen (secondary N) is 3. The Labute approximate surface area is 101 Å². The maximum atomic E-state index is 12.0. The van der Waals surface area contributed by atoms with Crippen LogP contribution in [0.2, 0.25) is 0 Å². The summed E-state index contributed by atoms with van der Waals surface area (Å²) in [7, 11) is 0. The molecule has 2 rings (SSSR count). The van der Waals surface area contributed by atoms with E-state index in [1.54, 1.807) is 6.20 Å². The van der Waals surface area contributed by atoms with Crippen LogP contribution in [0, 0.1) is 12.8 Å². The van der Waals surface area contributed by atoms with Gasteiger partial charge in [0.15, 0.2) is 0 Å². The maximum Gasteiger partial charge on any atom is 0.254 e. The van der Waals surface area contributed by atoms with E-state index < -0.39 is 0 Å². The van der Waals surface area contributed by atoms with Crippen LogP contribution in [-0.4, -0.2) is 35.2 Å². The molecule has 17 heavy (non-hydrogen) atoms. The van der Waals surface area contributed by atoms with Gasteiger partial charge in [-0.2, -0.15) is 5.10 Å². The third-order valence-electron chi connectivity index (χ3n) is 3.48. The lowest BCUT2D eigenvalue weighted by Gasteiger charge is -2.28. The lowest BCUT2D eigenvalue weighted by Crippen LogP contribution is -2.44.